The second kappa shape index (κ2) is 4.74. The number of hydrogen-bond donors (Lipinski definition) is 2. The summed E-state index contributed by atoms with van der Waals surface area (Å²) < 4.78 is 0. The lowest BCUT2D eigenvalue weighted by molar-refractivity contribution is 0.700. The summed E-state index contributed by atoms with van der Waals surface area (Å²) in [6, 6.07) is 3.60. The lowest BCUT2D eigenvalue weighted by atomic mass is 10.2. The van der Waals surface area contributed by atoms with Gasteiger partial charge >= 0.3 is 0 Å². The Morgan fingerprint density at radius 2 is 2.19 bits per heavy atom. The van der Waals surface area contributed by atoms with E-state index in [2.05, 4.69) is 16.9 Å². The van der Waals surface area contributed by atoms with E-state index in [9.17, 15) is 0 Å². The van der Waals surface area contributed by atoms with Crippen LogP contribution in [0.3, 0.4) is 0 Å². The number of nitrogens with zero attached hydrogens (tertiary/aromatic N) is 1. The highest BCUT2D eigenvalue weighted by molar-refractivity contribution is 6.31. The van der Waals surface area contributed by atoms with Crippen molar-refractivity contribution in [1.82, 2.24) is 9.97 Å². The first kappa shape index (κ1) is 11.3. The summed E-state index contributed by atoms with van der Waals surface area (Å²) in [6.07, 6.45) is 4.57. The Morgan fingerprint density at radius 3 is 2.94 bits per heavy atom. The van der Waals surface area contributed by atoms with Crippen LogP contribution in [0.2, 0.25) is 5.02 Å². The van der Waals surface area contributed by atoms with Gasteiger partial charge in [0.05, 0.1) is 11.2 Å². The fourth-order valence-corrected chi connectivity index (χ4v) is 2.05. The molecule has 3 nitrogen and oxygen atoms in total. The SMILES string of the molecule is CCCCCc1nc2c(N)cc(Cl)cc2[nH]1. The maximum absolute atomic E-state index is 5.93. The van der Waals surface area contributed by atoms with Gasteiger partial charge in [-0.1, -0.05) is 31.4 Å². The molecule has 0 fully saturated rings. The summed E-state index contributed by atoms with van der Waals surface area (Å²) in [4.78, 5) is 7.75. The maximum Gasteiger partial charge on any atom is 0.112 e. The second-order valence-electron chi connectivity index (χ2n) is 4.03. The van der Waals surface area contributed by atoms with Gasteiger partial charge in [0.25, 0.3) is 0 Å². The van der Waals surface area contributed by atoms with Crippen molar-refractivity contribution in [3.8, 4) is 0 Å². The lowest BCUT2D eigenvalue weighted by Crippen LogP contribution is -1.88. The highest BCUT2D eigenvalue weighted by Gasteiger charge is 2.06. The Kier molecular flexibility index (Phi) is 3.34. The zero-order valence-corrected chi connectivity index (χ0v) is 10.1. The summed E-state index contributed by atoms with van der Waals surface area (Å²) in [6.45, 7) is 2.19. The van der Waals surface area contributed by atoms with Crippen LogP contribution in [-0.4, -0.2) is 9.97 Å². The fraction of sp³-hybridized carbons (Fsp3) is 0.417. The standard InChI is InChI=1S/C12H16ClN3/c1-2-3-4-5-11-15-10-7-8(13)6-9(14)12(10)16-11/h6-7H,2-5,14H2,1H3,(H,15,16). The largest absolute Gasteiger partial charge is 0.397 e. The molecule has 0 bridgehead atoms. The number of halogens is 1. The smallest absolute Gasteiger partial charge is 0.112 e. The summed E-state index contributed by atoms with van der Waals surface area (Å²) in [5.74, 6) is 0.998. The van der Waals surface area contributed by atoms with Crippen molar-refractivity contribution in [2.45, 2.75) is 32.6 Å². The van der Waals surface area contributed by atoms with Gasteiger partial charge in [0.15, 0.2) is 0 Å². The summed E-state index contributed by atoms with van der Waals surface area (Å²) in [5.41, 5.74) is 8.25. The van der Waals surface area contributed by atoms with E-state index >= 15 is 0 Å². The number of benzene rings is 1. The van der Waals surface area contributed by atoms with Gasteiger partial charge in [-0.15, -0.1) is 0 Å². The summed E-state index contributed by atoms with van der Waals surface area (Å²) >= 11 is 5.93. The van der Waals surface area contributed by atoms with Crippen molar-refractivity contribution in [2.24, 2.45) is 0 Å². The molecule has 16 heavy (non-hydrogen) atoms. The van der Waals surface area contributed by atoms with Gasteiger partial charge in [0.2, 0.25) is 0 Å². The molecule has 4 heteroatoms. The molecule has 1 heterocycles. The van der Waals surface area contributed by atoms with Gasteiger partial charge < -0.3 is 10.7 Å². The van der Waals surface area contributed by atoms with E-state index in [-0.39, 0.29) is 0 Å². The Bertz CT molecular complexity index is 490. The highest BCUT2D eigenvalue weighted by atomic mass is 35.5. The first-order valence-electron chi connectivity index (χ1n) is 5.64. The first-order chi connectivity index (χ1) is 7.70. The molecule has 0 aliphatic heterocycles. The zero-order chi connectivity index (χ0) is 11.5. The number of hydrogen-bond acceptors (Lipinski definition) is 2. The molecule has 1 aromatic heterocycles. The van der Waals surface area contributed by atoms with Crippen LogP contribution in [0.5, 0.6) is 0 Å². The fourth-order valence-electron chi connectivity index (χ4n) is 1.82. The predicted octanol–water partition coefficient (Wildman–Crippen LogP) is 3.53. The van der Waals surface area contributed by atoms with Crippen molar-refractivity contribution in [3.63, 3.8) is 0 Å². The van der Waals surface area contributed by atoms with Crippen LogP contribution in [0.15, 0.2) is 12.1 Å². The molecule has 0 radical (unpaired) electrons. The molecule has 1 aromatic carbocycles. The number of aryl methyl sites for hydroxylation is 1. The van der Waals surface area contributed by atoms with Crippen LogP contribution in [0.25, 0.3) is 11.0 Å². The Balaban J connectivity index is 2.26. The molecular formula is C12H16ClN3. The number of anilines is 1. The minimum absolute atomic E-state index is 0.639. The third-order valence-electron chi connectivity index (χ3n) is 2.65. The van der Waals surface area contributed by atoms with E-state index < -0.39 is 0 Å². The van der Waals surface area contributed by atoms with E-state index in [1.54, 1.807) is 6.07 Å². The van der Waals surface area contributed by atoms with Crippen molar-refractivity contribution >= 4 is 28.3 Å². The molecule has 2 aromatic rings. The third kappa shape index (κ3) is 2.30. The van der Waals surface area contributed by atoms with E-state index in [1.165, 1.54) is 12.8 Å². The van der Waals surface area contributed by atoms with Gasteiger partial charge in [-0.3, -0.25) is 0 Å². The van der Waals surface area contributed by atoms with Crippen LogP contribution in [0, 0.1) is 0 Å². The lowest BCUT2D eigenvalue weighted by Gasteiger charge is -1.94. The summed E-state index contributed by atoms with van der Waals surface area (Å²) in [5, 5.41) is 0.647. The van der Waals surface area contributed by atoms with Gasteiger partial charge in [-0.05, 0) is 18.6 Å². The average molecular weight is 238 g/mol. The number of rotatable bonds is 4. The molecule has 0 saturated carbocycles. The van der Waals surface area contributed by atoms with E-state index in [0.29, 0.717) is 10.7 Å². The molecule has 0 aliphatic carbocycles. The number of nitrogen functional groups attached to an aromatic ring is 1. The molecule has 0 spiro atoms. The molecule has 0 unspecified atom stereocenters. The molecule has 0 saturated heterocycles. The van der Waals surface area contributed by atoms with Crippen LogP contribution >= 0.6 is 11.6 Å². The first-order valence-corrected chi connectivity index (χ1v) is 6.02. The third-order valence-corrected chi connectivity index (χ3v) is 2.87. The normalized spacial score (nSPS) is 11.1. The molecule has 3 N–H and O–H groups in total. The van der Waals surface area contributed by atoms with Gasteiger partial charge in [-0.25, -0.2) is 4.98 Å². The minimum Gasteiger partial charge on any atom is -0.397 e. The Morgan fingerprint density at radius 1 is 1.38 bits per heavy atom. The predicted molar refractivity (Wildman–Crippen MR) is 68.7 cm³/mol. The molecular weight excluding hydrogens is 222 g/mol. The van der Waals surface area contributed by atoms with E-state index in [4.69, 9.17) is 17.3 Å². The Labute approximate surface area is 100 Å². The monoisotopic (exact) mass is 237 g/mol. The van der Waals surface area contributed by atoms with E-state index in [1.807, 2.05) is 6.07 Å². The molecule has 2 rings (SSSR count). The number of nitrogens with two attached hydrogens (primary N) is 1. The average Bonchev–Trinajstić information content (AvgIpc) is 2.61. The number of H-pyrrole nitrogens is 1. The van der Waals surface area contributed by atoms with Crippen LogP contribution < -0.4 is 5.73 Å². The van der Waals surface area contributed by atoms with Crippen molar-refractivity contribution < 1.29 is 0 Å². The number of aromatic nitrogens is 2. The maximum atomic E-state index is 5.93. The number of nitrogens with one attached hydrogen (secondary N) is 1. The molecule has 0 aliphatic rings. The van der Waals surface area contributed by atoms with Gasteiger partial charge in [-0.2, -0.15) is 0 Å². The van der Waals surface area contributed by atoms with E-state index in [0.717, 1.165) is 29.7 Å². The van der Waals surface area contributed by atoms with Crippen molar-refractivity contribution in [2.75, 3.05) is 5.73 Å². The zero-order valence-electron chi connectivity index (χ0n) is 9.39. The molecule has 0 amide bonds. The highest BCUT2D eigenvalue weighted by Crippen LogP contribution is 2.24. The quantitative estimate of drug-likeness (QED) is 0.631. The molecule has 0 atom stereocenters. The minimum atomic E-state index is 0.639. The van der Waals surface area contributed by atoms with Crippen molar-refractivity contribution in [1.29, 1.82) is 0 Å². The van der Waals surface area contributed by atoms with Crippen molar-refractivity contribution in [3.05, 3.63) is 23.0 Å². The number of aromatic amines is 1. The number of unbranched alkanes of at least 4 members (excludes halogenated alkanes) is 2. The Hall–Kier alpha value is -1.22. The van der Waals surface area contributed by atoms with Crippen LogP contribution in [0.4, 0.5) is 5.69 Å². The topological polar surface area (TPSA) is 54.7 Å². The van der Waals surface area contributed by atoms with Crippen LogP contribution in [-0.2, 0) is 6.42 Å². The van der Waals surface area contributed by atoms with Gasteiger partial charge in [0.1, 0.15) is 11.3 Å². The number of imidazole rings is 1. The summed E-state index contributed by atoms with van der Waals surface area (Å²) in [7, 11) is 0. The number of fused-ring (bicyclic) bond motifs is 1. The van der Waals surface area contributed by atoms with Gasteiger partial charge in [0, 0.05) is 11.4 Å². The van der Waals surface area contributed by atoms with Crippen LogP contribution in [0.1, 0.15) is 32.0 Å². The molecule has 86 valence electrons. The second-order valence-corrected chi connectivity index (χ2v) is 4.47.